The molecule has 5 heteroatoms. The first-order valence-corrected chi connectivity index (χ1v) is 8.83. The van der Waals surface area contributed by atoms with Gasteiger partial charge in [0, 0.05) is 11.8 Å². The van der Waals surface area contributed by atoms with Crippen LogP contribution in [0.15, 0.2) is 29.2 Å². The van der Waals surface area contributed by atoms with Crippen molar-refractivity contribution in [3.8, 4) is 0 Å². The van der Waals surface area contributed by atoms with E-state index < -0.39 is 15.7 Å². The molecule has 0 spiro atoms. The second-order valence-corrected chi connectivity index (χ2v) is 8.46. The summed E-state index contributed by atoms with van der Waals surface area (Å²) in [6.45, 7) is 4.39. The highest BCUT2D eigenvalue weighted by atomic mass is 32.2. The summed E-state index contributed by atoms with van der Waals surface area (Å²) in [5, 5.41) is 0. The van der Waals surface area contributed by atoms with E-state index in [9.17, 15) is 13.2 Å². The molecule has 1 aliphatic carbocycles. The van der Waals surface area contributed by atoms with Crippen LogP contribution in [0.5, 0.6) is 0 Å². The van der Waals surface area contributed by atoms with Gasteiger partial charge in [-0.05, 0) is 54.0 Å². The summed E-state index contributed by atoms with van der Waals surface area (Å²) < 4.78 is 23.4. The van der Waals surface area contributed by atoms with Gasteiger partial charge in [0.2, 0.25) is 5.91 Å². The fourth-order valence-electron chi connectivity index (χ4n) is 2.56. The summed E-state index contributed by atoms with van der Waals surface area (Å²) in [7, 11) is -3.31. The Labute approximate surface area is 126 Å². The first-order chi connectivity index (χ1) is 9.60. The second-order valence-electron chi connectivity index (χ2n) is 6.44. The minimum atomic E-state index is -3.31. The summed E-state index contributed by atoms with van der Waals surface area (Å²) in [4.78, 5) is 11.8. The predicted octanol–water partition coefficient (Wildman–Crippen LogP) is 2.78. The fourth-order valence-corrected chi connectivity index (χ4v) is 3.20. The van der Waals surface area contributed by atoms with Gasteiger partial charge in [-0.15, -0.1) is 0 Å². The number of benzene rings is 1. The molecule has 0 bridgehead atoms. The molecule has 0 unspecified atom stereocenters. The second kappa shape index (κ2) is 5.30. The van der Waals surface area contributed by atoms with Gasteiger partial charge in [0.05, 0.1) is 4.90 Å². The van der Waals surface area contributed by atoms with E-state index in [0.29, 0.717) is 11.1 Å². The maximum Gasteiger partial charge on any atom is 0.249 e. The third-order valence-corrected chi connectivity index (χ3v) is 5.11. The van der Waals surface area contributed by atoms with E-state index in [0.717, 1.165) is 31.1 Å². The molecule has 4 nitrogen and oxygen atoms in total. The van der Waals surface area contributed by atoms with Crippen LogP contribution >= 0.6 is 0 Å². The smallest absolute Gasteiger partial charge is 0.249 e. The average Bonchev–Trinajstić information content (AvgIpc) is 2.37. The van der Waals surface area contributed by atoms with Gasteiger partial charge in [-0.3, -0.25) is 4.79 Å². The summed E-state index contributed by atoms with van der Waals surface area (Å²) >= 11 is 0. The normalized spacial score (nSPS) is 18.1. The Balaban J connectivity index is 2.55. The number of rotatable bonds is 3. The molecule has 1 aromatic carbocycles. The highest BCUT2D eigenvalue weighted by Crippen LogP contribution is 2.39. The van der Waals surface area contributed by atoms with Crippen LogP contribution in [0.4, 0.5) is 0 Å². The van der Waals surface area contributed by atoms with E-state index in [2.05, 4.69) is 19.9 Å². The van der Waals surface area contributed by atoms with E-state index in [4.69, 9.17) is 5.73 Å². The maximum absolute atomic E-state index is 11.7. The minimum Gasteiger partial charge on any atom is -0.366 e. The Morgan fingerprint density at radius 1 is 1.29 bits per heavy atom. The molecule has 0 atom stereocenters. The largest absolute Gasteiger partial charge is 0.366 e. The first-order valence-electron chi connectivity index (χ1n) is 6.93. The van der Waals surface area contributed by atoms with E-state index >= 15 is 0 Å². The molecule has 0 aliphatic heterocycles. The molecule has 114 valence electrons. The molecule has 0 fully saturated rings. The van der Waals surface area contributed by atoms with Crippen molar-refractivity contribution >= 4 is 21.3 Å². The molecule has 2 N–H and O–H groups in total. The molecular formula is C16H21NO3S. The highest BCUT2D eigenvalue weighted by Gasteiger charge is 2.24. The first kappa shape index (κ1) is 15.8. The molecule has 0 heterocycles. The van der Waals surface area contributed by atoms with Crippen LogP contribution in [0.3, 0.4) is 0 Å². The molecule has 21 heavy (non-hydrogen) atoms. The Bertz CT molecular complexity index is 715. The van der Waals surface area contributed by atoms with E-state index in [1.165, 1.54) is 12.1 Å². The van der Waals surface area contributed by atoms with E-state index in [1.807, 2.05) is 0 Å². The van der Waals surface area contributed by atoms with Crippen molar-refractivity contribution in [3.63, 3.8) is 0 Å². The SMILES string of the molecule is CC1(C)CC=C(c2cc(S(C)(=O)=O)ccc2C(N)=O)CC1. The third kappa shape index (κ3) is 3.53. The average molecular weight is 307 g/mol. The Morgan fingerprint density at radius 2 is 1.95 bits per heavy atom. The van der Waals surface area contributed by atoms with Crippen LogP contribution in [-0.2, 0) is 9.84 Å². The Morgan fingerprint density at radius 3 is 2.43 bits per heavy atom. The van der Waals surface area contributed by atoms with Crippen LogP contribution in [0, 0.1) is 5.41 Å². The van der Waals surface area contributed by atoms with Crippen LogP contribution in [-0.4, -0.2) is 20.6 Å². The predicted molar refractivity (Wildman–Crippen MR) is 83.7 cm³/mol. The molecule has 2 rings (SSSR count). The lowest BCUT2D eigenvalue weighted by molar-refractivity contribution is 0.1000. The van der Waals surface area contributed by atoms with Crippen molar-refractivity contribution in [3.05, 3.63) is 35.4 Å². The zero-order valence-corrected chi connectivity index (χ0v) is 13.5. The van der Waals surface area contributed by atoms with Gasteiger partial charge in [-0.25, -0.2) is 8.42 Å². The van der Waals surface area contributed by atoms with Crippen molar-refractivity contribution in [2.45, 2.75) is 38.0 Å². The van der Waals surface area contributed by atoms with E-state index in [1.54, 1.807) is 6.07 Å². The number of amides is 1. The van der Waals surface area contributed by atoms with Gasteiger partial charge in [0.25, 0.3) is 0 Å². The number of sulfone groups is 1. The molecule has 1 aromatic rings. The molecule has 0 saturated carbocycles. The number of carbonyl (C=O) groups excluding carboxylic acids is 1. The van der Waals surface area contributed by atoms with Gasteiger partial charge in [0.15, 0.2) is 9.84 Å². The van der Waals surface area contributed by atoms with Crippen molar-refractivity contribution < 1.29 is 13.2 Å². The molecule has 1 aliphatic rings. The summed E-state index contributed by atoms with van der Waals surface area (Å²) in [6.07, 6.45) is 5.98. The van der Waals surface area contributed by atoms with Crippen LogP contribution in [0.2, 0.25) is 0 Å². The molecule has 0 saturated heterocycles. The molecular weight excluding hydrogens is 286 g/mol. The maximum atomic E-state index is 11.7. The van der Waals surface area contributed by atoms with E-state index in [-0.39, 0.29) is 10.3 Å². The van der Waals surface area contributed by atoms with Gasteiger partial charge in [-0.1, -0.05) is 19.9 Å². The fraction of sp³-hybridized carbons (Fsp3) is 0.438. The number of hydrogen-bond acceptors (Lipinski definition) is 3. The number of primary amides is 1. The van der Waals surface area contributed by atoms with Gasteiger partial charge < -0.3 is 5.73 Å². The van der Waals surface area contributed by atoms with Crippen LogP contribution in [0.1, 0.15) is 49.0 Å². The lowest BCUT2D eigenvalue weighted by Gasteiger charge is -2.29. The van der Waals surface area contributed by atoms with Gasteiger partial charge in [-0.2, -0.15) is 0 Å². The minimum absolute atomic E-state index is 0.216. The third-order valence-electron chi connectivity index (χ3n) is 4.00. The zero-order chi connectivity index (χ0) is 15.8. The lowest BCUT2D eigenvalue weighted by atomic mass is 9.76. The van der Waals surface area contributed by atoms with Gasteiger partial charge in [0.1, 0.15) is 0 Å². The molecule has 0 aromatic heterocycles. The van der Waals surface area contributed by atoms with Crippen LogP contribution in [0.25, 0.3) is 5.57 Å². The summed E-state index contributed by atoms with van der Waals surface area (Å²) in [5.74, 6) is -0.532. The number of nitrogens with two attached hydrogens (primary N) is 1. The number of hydrogen-bond donors (Lipinski definition) is 1. The zero-order valence-electron chi connectivity index (χ0n) is 12.6. The lowest BCUT2D eigenvalue weighted by Crippen LogP contribution is -2.17. The number of carbonyl (C=O) groups is 1. The number of allylic oxidation sites excluding steroid dienone is 2. The Hall–Kier alpha value is -1.62. The molecule has 0 radical (unpaired) electrons. The van der Waals surface area contributed by atoms with Gasteiger partial charge >= 0.3 is 0 Å². The summed E-state index contributed by atoms with van der Waals surface area (Å²) in [5.41, 5.74) is 7.70. The van der Waals surface area contributed by atoms with Crippen LogP contribution < -0.4 is 5.73 Å². The summed E-state index contributed by atoms with van der Waals surface area (Å²) in [6, 6.07) is 4.51. The topological polar surface area (TPSA) is 77.2 Å². The van der Waals surface area contributed by atoms with Crippen molar-refractivity contribution in [2.75, 3.05) is 6.26 Å². The van der Waals surface area contributed by atoms with Crippen molar-refractivity contribution in [2.24, 2.45) is 11.1 Å². The molecule has 1 amide bonds. The van der Waals surface area contributed by atoms with Crippen molar-refractivity contribution in [1.82, 2.24) is 0 Å². The Kier molecular flexibility index (Phi) is 3.97. The highest BCUT2D eigenvalue weighted by molar-refractivity contribution is 7.90. The quantitative estimate of drug-likeness (QED) is 0.932. The standard InChI is InChI=1S/C16H21NO3S/c1-16(2)8-6-11(7-9-16)14-10-12(21(3,19)20)4-5-13(14)15(17)18/h4-6,10H,7-9H2,1-3H3,(H2,17,18). The monoisotopic (exact) mass is 307 g/mol. The van der Waals surface area contributed by atoms with Crippen molar-refractivity contribution in [1.29, 1.82) is 0 Å².